The molecule has 0 unspecified atom stereocenters. The summed E-state index contributed by atoms with van der Waals surface area (Å²) < 4.78 is 6.05. The van der Waals surface area contributed by atoms with Crippen LogP contribution in [-0.4, -0.2) is 12.0 Å². The molecule has 1 N–H and O–H groups in total. The lowest BCUT2D eigenvalue weighted by Gasteiger charge is -2.23. The first-order valence-corrected chi connectivity index (χ1v) is 9.75. The Hall–Kier alpha value is -2.29. The molecule has 2 rings (SSSR count). The summed E-state index contributed by atoms with van der Waals surface area (Å²) in [5.41, 5.74) is 7.10. The molecule has 0 saturated heterocycles. The third kappa shape index (κ3) is 5.12. The zero-order valence-corrected chi connectivity index (χ0v) is 17.9. The van der Waals surface area contributed by atoms with Gasteiger partial charge in [0.05, 0.1) is 6.04 Å². The van der Waals surface area contributed by atoms with Gasteiger partial charge >= 0.3 is 0 Å². The highest BCUT2D eigenvalue weighted by atomic mass is 16.5. The van der Waals surface area contributed by atoms with Crippen LogP contribution in [0.1, 0.15) is 73.0 Å². The summed E-state index contributed by atoms with van der Waals surface area (Å²) in [4.78, 5) is 12.7. The number of nitrogens with one attached hydrogen (secondary N) is 1. The Morgan fingerprint density at radius 1 is 0.852 bits per heavy atom. The van der Waals surface area contributed by atoms with Gasteiger partial charge in [-0.05, 0) is 86.9 Å². The highest BCUT2D eigenvalue weighted by Crippen LogP contribution is 2.28. The van der Waals surface area contributed by atoms with Gasteiger partial charge in [-0.3, -0.25) is 4.79 Å². The monoisotopic (exact) mass is 367 g/mol. The number of hydrogen-bond donors (Lipinski definition) is 1. The molecular formula is C24H33NO2. The van der Waals surface area contributed by atoms with E-state index in [-0.39, 0.29) is 11.9 Å². The second-order valence-corrected chi connectivity index (χ2v) is 7.98. The van der Waals surface area contributed by atoms with Gasteiger partial charge in [0.2, 0.25) is 0 Å². The van der Waals surface area contributed by atoms with Crippen molar-refractivity contribution in [2.45, 2.75) is 73.5 Å². The molecule has 0 spiro atoms. The summed E-state index contributed by atoms with van der Waals surface area (Å²) in [6, 6.07) is 10.5. The van der Waals surface area contributed by atoms with Crippen molar-refractivity contribution in [1.82, 2.24) is 5.32 Å². The summed E-state index contributed by atoms with van der Waals surface area (Å²) in [6.45, 7) is 16.4. The molecule has 0 aliphatic rings. The minimum atomic E-state index is -0.557. The Bertz CT molecular complexity index is 823. The molecule has 2 aromatic rings. The number of aryl methyl sites for hydroxylation is 4. The van der Waals surface area contributed by atoms with Crippen molar-refractivity contribution < 1.29 is 9.53 Å². The van der Waals surface area contributed by atoms with Gasteiger partial charge in [0.15, 0.2) is 6.10 Å². The maximum atomic E-state index is 12.7. The van der Waals surface area contributed by atoms with Gasteiger partial charge in [0.1, 0.15) is 5.75 Å². The van der Waals surface area contributed by atoms with Crippen molar-refractivity contribution in [3.8, 4) is 5.75 Å². The van der Waals surface area contributed by atoms with Crippen LogP contribution in [0.2, 0.25) is 0 Å². The average molecular weight is 368 g/mol. The van der Waals surface area contributed by atoms with E-state index in [2.05, 4.69) is 64.2 Å². The fraction of sp³-hybridized carbons (Fsp3) is 0.458. The van der Waals surface area contributed by atoms with E-state index in [1.54, 1.807) is 0 Å². The molecule has 2 atom stereocenters. The molecule has 27 heavy (non-hydrogen) atoms. The van der Waals surface area contributed by atoms with Gasteiger partial charge in [-0.1, -0.05) is 38.1 Å². The van der Waals surface area contributed by atoms with Crippen molar-refractivity contribution in [2.75, 3.05) is 0 Å². The fourth-order valence-electron chi connectivity index (χ4n) is 3.32. The number of carbonyl (C=O) groups is 1. The minimum Gasteiger partial charge on any atom is -0.481 e. The number of hydrogen-bond acceptors (Lipinski definition) is 2. The Morgan fingerprint density at radius 3 is 2.11 bits per heavy atom. The van der Waals surface area contributed by atoms with E-state index < -0.39 is 6.10 Å². The summed E-state index contributed by atoms with van der Waals surface area (Å²) in [5, 5.41) is 3.10. The van der Waals surface area contributed by atoms with E-state index in [0.717, 1.165) is 22.4 Å². The number of carbonyl (C=O) groups excluding carboxylic acids is 1. The Labute approximate surface area is 164 Å². The molecule has 0 aliphatic heterocycles. The van der Waals surface area contributed by atoms with E-state index in [0.29, 0.717) is 5.92 Å². The lowest BCUT2D eigenvalue weighted by molar-refractivity contribution is -0.127. The van der Waals surface area contributed by atoms with Crippen LogP contribution in [0.25, 0.3) is 0 Å². The van der Waals surface area contributed by atoms with Gasteiger partial charge in [0.25, 0.3) is 5.91 Å². The Kier molecular flexibility index (Phi) is 6.69. The summed E-state index contributed by atoms with van der Waals surface area (Å²) in [6.07, 6.45) is -0.557. The van der Waals surface area contributed by atoms with Gasteiger partial charge in [-0.2, -0.15) is 0 Å². The Morgan fingerprint density at radius 2 is 1.48 bits per heavy atom. The highest BCUT2D eigenvalue weighted by molar-refractivity contribution is 5.81. The van der Waals surface area contributed by atoms with Crippen LogP contribution in [0.5, 0.6) is 5.75 Å². The summed E-state index contributed by atoms with van der Waals surface area (Å²) in [5.74, 6) is 1.03. The molecule has 3 heteroatoms. The molecule has 3 nitrogen and oxygen atoms in total. The average Bonchev–Trinajstić information content (AvgIpc) is 2.57. The molecule has 0 saturated carbocycles. The van der Waals surface area contributed by atoms with Crippen molar-refractivity contribution in [3.05, 3.63) is 63.7 Å². The van der Waals surface area contributed by atoms with Crippen LogP contribution in [-0.2, 0) is 4.79 Å². The molecule has 0 bridgehead atoms. The molecule has 146 valence electrons. The summed E-state index contributed by atoms with van der Waals surface area (Å²) >= 11 is 0. The Balaban J connectivity index is 2.12. The second-order valence-electron chi connectivity index (χ2n) is 7.98. The standard InChI is InChI=1S/C24H33NO2/c1-14(2)21-10-9-15(3)11-23(21)27-20(8)24(26)25-19(7)22-13-17(5)16(4)12-18(22)6/h9-14,19-20H,1-8H3,(H,25,26)/t19-,20+/m1/s1. The smallest absolute Gasteiger partial charge is 0.261 e. The zero-order chi connectivity index (χ0) is 20.3. The van der Waals surface area contributed by atoms with Crippen LogP contribution in [0.3, 0.4) is 0 Å². The predicted octanol–water partition coefficient (Wildman–Crippen LogP) is 5.69. The number of ether oxygens (including phenoxy) is 1. The number of amides is 1. The zero-order valence-electron chi connectivity index (χ0n) is 17.9. The molecular weight excluding hydrogens is 334 g/mol. The molecule has 0 aliphatic carbocycles. The van der Waals surface area contributed by atoms with Gasteiger partial charge in [-0.15, -0.1) is 0 Å². The first kappa shape index (κ1) is 21.0. The van der Waals surface area contributed by atoms with Gasteiger partial charge < -0.3 is 10.1 Å². The van der Waals surface area contributed by atoms with Crippen LogP contribution in [0.4, 0.5) is 0 Å². The van der Waals surface area contributed by atoms with E-state index >= 15 is 0 Å². The highest BCUT2D eigenvalue weighted by Gasteiger charge is 2.20. The van der Waals surface area contributed by atoms with E-state index in [4.69, 9.17) is 4.74 Å². The largest absolute Gasteiger partial charge is 0.481 e. The van der Waals surface area contributed by atoms with Crippen LogP contribution in [0, 0.1) is 27.7 Å². The quantitative estimate of drug-likeness (QED) is 0.712. The topological polar surface area (TPSA) is 38.3 Å². The second kappa shape index (κ2) is 8.60. The van der Waals surface area contributed by atoms with Crippen molar-refractivity contribution in [2.24, 2.45) is 0 Å². The first-order valence-electron chi connectivity index (χ1n) is 9.75. The SMILES string of the molecule is Cc1ccc(C(C)C)c(O[C@@H](C)C(=O)N[C@H](C)c2cc(C)c(C)cc2C)c1. The maximum Gasteiger partial charge on any atom is 0.261 e. The molecule has 0 radical (unpaired) electrons. The molecule has 1 amide bonds. The van der Waals surface area contributed by atoms with Gasteiger partial charge in [-0.25, -0.2) is 0 Å². The van der Waals surface area contributed by atoms with E-state index in [1.807, 2.05) is 26.8 Å². The lowest BCUT2D eigenvalue weighted by atomic mass is 9.96. The number of benzene rings is 2. The molecule has 0 heterocycles. The van der Waals surface area contributed by atoms with Crippen molar-refractivity contribution >= 4 is 5.91 Å². The minimum absolute atomic E-state index is 0.0649. The normalized spacial score (nSPS) is 13.4. The number of rotatable bonds is 6. The fourth-order valence-corrected chi connectivity index (χ4v) is 3.32. The van der Waals surface area contributed by atoms with Crippen LogP contribution in [0.15, 0.2) is 30.3 Å². The van der Waals surface area contributed by atoms with E-state index in [9.17, 15) is 4.79 Å². The third-order valence-electron chi connectivity index (χ3n) is 5.17. The molecule has 0 fully saturated rings. The van der Waals surface area contributed by atoms with Crippen LogP contribution >= 0.6 is 0 Å². The maximum absolute atomic E-state index is 12.7. The molecule has 0 aromatic heterocycles. The van der Waals surface area contributed by atoms with Crippen LogP contribution < -0.4 is 10.1 Å². The lowest BCUT2D eigenvalue weighted by Crippen LogP contribution is -2.38. The summed E-state index contributed by atoms with van der Waals surface area (Å²) in [7, 11) is 0. The van der Waals surface area contributed by atoms with Crippen molar-refractivity contribution in [3.63, 3.8) is 0 Å². The van der Waals surface area contributed by atoms with Crippen molar-refractivity contribution in [1.29, 1.82) is 0 Å². The third-order valence-corrected chi connectivity index (χ3v) is 5.17. The predicted molar refractivity (Wildman–Crippen MR) is 113 cm³/mol. The molecule has 2 aromatic carbocycles. The first-order chi connectivity index (χ1) is 12.6. The van der Waals surface area contributed by atoms with E-state index in [1.165, 1.54) is 16.7 Å². The van der Waals surface area contributed by atoms with Gasteiger partial charge in [0, 0.05) is 0 Å².